The van der Waals surface area contributed by atoms with Crippen LogP contribution in [0.5, 0.6) is 0 Å². The van der Waals surface area contributed by atoms with Crippen LogP contribution in [-0.2, 0) is 33.3 Å². The van der Waals surface area contributed by atoms with Crippen molar-refractivity contribution in [1.29, 1.82) is 0 Å². The highest BCUT2D eigenvalue weighted by Gasteiger charge is 2.50. The number of rotatable bonds is 3. The van der Waals surface area contributed by atoms with E-state index in [1.165, 1.54) is 0 Å². The van der Waals surface area contributed by atoms with Gasteiger partial charge in [0.05, 0.1) is 22.9 Å². The minimum absolute atomic E-state index is 0.325. The first kappa shape index (κ1) is 24.3. The SMILES string of the molecule is CC(C)(C)C(=O)O[C@@H]1[C@@H](OC(=O)C(C)(C)C)[C@H](OC(=O)C(C)(C)C)CO[C@@H]1F. The van der Waals surface area contributed by atoms with Crippen molar-refractivity contribution in [2.24, 2.45) is 16.2 Å². The van der Waals surface area contributed by atoms with Gasteiger partial charge in [0.25, 0.3) is 0 Å². The van der Waals surface area contributed by atoms with Crippen LogP contribution < -0.4 is 0 Å². The van der Waals surface area contributed by atoms with Crippen LogP contribution in [0.3, 0.4) is 0 Å². The van der Waals surface area contributed by atoms with Crippen molar-refractivity contribution >= 4 is 17.9 Å². The fourth-order valence-corrected chi connectivity index (χ4v) is 2.02. The van der Waals surface area contributed by atoms with Crippen molar-refractivity contribution in [3.05, 3.63) is 0 Å². The lowest BCUT2D eigenvalue weighted by atomic mass is 9.95. The van der Waals surface area contributed by atoms with E-state index in [-0.39, 0.29) is 6.61 Å². The number of halogens is 1. The molecule has 1 heterocycles. The van der Waals surface area contributed by atoms with Crippen LogP contribution in [-0.4, -0.2) is 49.2 Å². The summed E-state index contributed by atoms with van der Waals surface area (Å²) in [5.74, 6) is -1.90. The Hall–Kier alpha value is -1.70. The van der Waals surface area contributed by atoms with Crippen LogP contribution in [0.1, 0.15) is 62.3 Å². The van der Waals surface area contributed by atoms with Crippen molar-refractivity contribution in [2.75, 3.05) is 6.61 Å². The summed E-state index contributed by atoms with van der Waals surface area (Å²) in [5.41, 5.74) is -2.63. The Morgan fingerprint density at radius 3 is 1.46 bits per heavy atom. The highest BCUT2D eigenvalue weighted by molar-refractivity contribution is 5.77. The van der Waals surface area contributed by atoms with Crippen LogP contribution in [0.4, 0.5) is 4.39 Å². The normalized spacial score (nSPS) is 26.4. The summed E-state index contributed by atoms with van der Waals surface area (Å²) < 4.78 is 35.7. The van der Waals surface area contributed by atoms with E-state index in [2.05, 4.69) is 0 Å². The monoisotopic (exact) mass is 404 g/mol. The van der Waals surface area contributed by atoms with E-state index in [4.69, 9.17) is 18.9 Å². The Kier molecular flexibility index (Phi) is 7.26. The Morgan fingerprint density at radius 1 is 0.714 bits per heavy atom. The quantitative estimate of drug-likeness (QED) is 0.527. The first-order valence-corrected chi connectivity index (χ1v) is 9.33. The summed E-state index contributed by atoms with van der Waals surface area (Å²) in [4.78, 5) is 37.0. The maximum absolute atomic E-state index is 14.5. The largest absolute Gasteiger partial charge is 0.455 e. The van der Waals surface area contributed by atoms with E-state index in [0.717, 1.165) is 0 Å². The lowest BCUT2D eigenvalue weighted by Gasteiger charge is -2.40. The molecule has 0 aliphatic carbocycles. The van der Waals surface area contributed by atoms with E-state index in [1.54, 1.807) is 62.3 Å². The van der Waals surface area contributed by atoms with Gasteiger partial charge in [0.15, 0.2) is 18.3 Å². The van der Waals surface area contributed by atoms with Gasteiger partial charge in [-0.15, -0.1) is 0 Å². The first-order valence-electron chi connectivity index (χ1n) is 9.33. The van der Waals surface area contributed by atoms with E-state index in [0.29, 0.717) is 0 Å². The van der Waals surface area contributed by atoms with Gasteiger partial charge in [-0.25, -0.2) is 4.39 Å². The van der Waals surface area contributed by atoms with Gasteiger partial charge in [0.1, 0.15) is 0 Å². The summed E-state index contributed by atoms with van der Waals surface area (Å²) >= 11 is 0. The number of esters is 3. The van der Waals surface area contributed by atoms with Crippen molar-refractivity contribution < 1.29 is 37.7 Å². The average molecular weight is 404 g/mol. The zero-order chi connectivity index (χ0) is 22.1. The second-order valence-electron chi connectivity index (χ2n) is 10.1. The molecule has 0 aromatic carbocycles. The average Bonchev–Trinajstić information content (AvgIpc) is 2.49. The molecule has 0 bridgehead atoms. The molecule has 8 heteroatoms. The smallest absolute Gasteiger partial charge is 0.311 e. The van der Waals surface area contributed by atoms with Gasteiger partial charge in [0, 0.05) is 0 Å². The molecule has 1 aliphatic rings. The lowest BCUT2D eigenvalue weighted by molar-refractivity contribution is -0.255. The molecule has 0 unspecified atom stereocenters. The molecule has 7 nitrogen and oxygen atoms in total. The van der Waals surface area contributed by atoms with Crippen LogP contribution in [0, 0.1) is 16.2 Å². The maximum atomic E-state index is 14.5. The number of alkyl halides is 1. The van der Waals surface area contributed by atoms with E-state index in [9.17, 15) is 18.8 Å². The van der Waals surface area contributed by atoms with Gasteiger partial charge >= 0.3 is 17.9 Å². The first-order chi connectivity index (χ1) is 12.4. The highest BCUT2D eigenvalue weighted by atomic mass is 19.1. The maximum Gasteiger partial charge on any atom is 0.311 e. The van der Waals surface area contributed by atoms with E-state index < -0.39 is 58.8 Å². The molecule has 1 rings (SSSR count). The minimum atomic E-state index is -2.02. The zero-order valence-corrected chi connectivity index (χ0v) is 18.3. The number of hydrogen-bond acceptors (Lipinski definition) is 7. The molecule has 28 heavy (non-hydrogen) atoms. The van der Waals surface area contributed by atoms with Crippen molar-refractivity contribution in [3.63, 3.8) is 0 Å². The topological polar surface area (TPSA) is 88.1 Å². The third-order valence-electron chi connectivity index (χ3n) is 3.95. The zero-order valence-electron chi connectivity index (χ0n) is 18.3. The lowest BCUT2D eigenvalue weighted by Crippen LogP contribution is -2.58. The standard InChI is InChI=1S/C20H33FO7/c1-18(2,3)15(22)26-11-10-25-14(21)13(28-17(24)20(7,8)9)12(11)27-16(23)19(4,5)6/h11-14H,10H2,1-9H3/t11-,12+,13-,14+/m1/s1. The molecule has 4 atom stereocenters. The number of ether oxygens (including phenoxy) is 4. The summed E-state index contributed by atoms with van der Waals surface area (Å²) in [6.07, 6.45) is -6.01. The third kappa shape index (κ3) is 6.43. The van der Waals surface area contributed by atoms with Crippen LogP contribution in [0.2, 0.25) is 0 Å². The van der Waals surface area contributed by atoms with Crippen LogP contribution in [0.15, 0.2) is 0 Å². The molecule has 0 saturated carbocycles. The highest BCUT2D eigenvalue weighted by Crippen LogP contribution is 2.30. The molecular weight excluding hydrogens is 371 g/mol. The predicted molar refractivity (Wildman–Crippen MR) is 98.9 cm³/mol. The number of carbonyl (C=O) groups excluding carboxylic acids is 3. The number of carbonyl (C=O) groups is 3. The van der Waals surface area contributed by atoms with Gasteiger partial charge in [0.2, 0.25) is 6.36 Å². The van der Waals surface area contributed by atoms with Crippen LogP contribution in [0.25, 0.3) is 0 Å². The Bertz CT molecular complexity index is 595. The molecule has 0 aromatic rings. The Morgan fingerprint density at radius 2 is 1.07 bits per heavy atom. The summed E-state index contributed by atoms with van der Waals surface area (Å²) in [6.45, 7) is 14.4. The van der Waals surface area contributed by atoms with Gasteiger partial charge in [-0.1, -0.05) is 0 Å². The van der Waals surface area contributed by atoms with Crippen molar-refractivity contribution in [3.8, 4) is 0 Å². The molecule has 0 spiro atoms. The molecule has 162 valence electrons. The summed E-state index contributed by atoms with van der Waals surface area (Å²) in [5, 5.41) is 0. The van der Waals surface area contributed by atoms with E-state index >= 15 is 0 Å². The molecule has 1 saturated heterocycles. The summed E-state index contributed by atoms with van der Waals surface area (Å²) in [6, 6.07) is 0. The molecule has 0 radical (unpaired) electrons. The molecule has 1 fully saturated rings. The Labute approximate surface area is 166 Å². The van der Waals surface area contributed by atoms with Gasteiger partial charge in [-0.3, -0.25) is 14.4 Å². The van der Waals surface area contributed by atoms with E-state index in [1.807, 2.05) is 0 Å². The third-order valence-corrected chi connectivity index (χ3v) is 3.95. The van der Waals surface area contributed by atoms with Gasteiger partial charge in [-0.2, -0.15) is 0 Å². The second-order valence-corrected chi connectivity index (χ2v) is 10.1. The fourth-order valence-electron chi connectivity index (χ4n) is 2.02. The summed E-state index contributed by atoms with van der Waals surface area (Å²) in [7, 11) is 0. The molecular formula is C20H33FO7. The van der Waals surface area contributed by atoms with Gasteiger partial charge < -0.3 is 18.9 Å². The van der Waals surface area contributed by atoms with Crippen molar-refractivity contribution in [2.45, 2.75) is 87.0 Å². The van der Waals surface area contributed by atoms with Crippen LogP contribution >= 0.6 is 0 Å². The fraction of sp³-hybridized carbons (Fsp3) is 0.850. The predicted octanol–water partition coefficient (Wildman–Crippen LogP) is 3.19. The second kappa shape index (κ2) is 8.35. The molecule has 0 aromatic heterocycles. The van der Waals surface area contributed by atoms with Crippen molar-refractivity contribution in [1.82, 2.24) is 0 Å². The number of hydrogen-bond donors (Lipinski definition) is 0. The Balaban J connectivity index is 3.18. The van der Waals surface area contributed by atoms with Gasteiger partial charge in [-0.05, 0) is 62.3 Å². The molecule has 0 amide bonds. The molecule has 1 aliphatic heterocycles. The minimum Gasteiger partial charge on any atom is -0.455 e. The molecule has 0 N–H and O–H groups in total.